The van der Waals surface area contributed by atoms with E-state index in [1.54, 1.807) is 12.1 Å². The predicted molar refractivity (Wildman–Crippen MR) is 103 cm³/mol. The molecule has 0 amide bonds. The van der Waals surface area contributed by atoms with Crippen LogP contribution in [0, 0.1) is 11.7 Å². The van der Waals surface area contributed by atoms with Crippen LogP contribution in [0.3, 0.4) is 0 Å². The highest BCUT2D eigenvalue weighted by Gasteiger charge is 2.59. The Balaban J connectivity index is 1.35. The Bertz CT molecular complexity index is 791. The van der Waals surface area contributed by atoms with E-state index in [1.165, 1.54) is 36.9 Å². The molecule has 5 rings (SSSR count). The lowest BCUT2D eigenvalue weighted by Crippen LogP contribution is -2.45. The number of halogens is 2. The van der Waals surface area contributed by atoms with Crippen molar-refractivity contribution in [3.8, 4) is 0 Å². The Labute approximate surface area is 159 Å². The molecule has 0 bridgehead atoms. The fraction of sp³-hybridized carbons (Fsp3) is 0.455. The average Bonchev–Trinajstić information content (AvgIpc) is 3.26. The molecule has 1 spiro atoms. The highest BCUT2D eigenvalue weighted by atomic mass is 35.5. The van der Waals surface area contributed by atoms with Crippen LogP contribution in [0.1, 0.15) is 36.4 Å². The number of hydrogen-bond acceptors (Lipinski definition) is 2. The minimum atomic E-state index is -0.154. The Morgan fingerprint density at radius 2 is 1.85 bits per heavy atom. The summed E-state index contributed by atoms with van der Waals surface area (Å²) in [5.41, 5.74) is 2.96. The summed E-state index contributed by atoms with van der Waals surface area (Å²) in [7, 11) is 0. The van der Waals surface area contributed by atoms with Gasteiger partial charge in [0, 0.05) is 36.2 Å². The summed E-state index contributed by atoms with van der Waals surface area (Å²) in [6.07, 6.45) is 3.84. The minimum Gasteiger partial charge on any atom is -0.297 e. The lowest BCUT2D eigenvalue weighted by atomic mass is 9.86. The third kappa shape index (κ3) is 2.69. The summed E-state index contributed by atoms with van der Waals surface area (Å²) in [6.45, 7) is 4.42. The Hall–Kier alpha value is -1.42. The van der Waals surface area contributed by atoms with Crippen molar-refractivity contribution >= 4 is 11.6 Å². The maximum Gasteiger partial charge on any atom is 0.123 e. The van der Waals surface area contributed by atoms with Gasteiger partial charge in [0.2, 0.25) is 0 Å². The zero-order valence-electron chi connectivity index (χ0n) is 14.9. The van der Waals surface area contributed by atoms with Crippen LogP contribution in [0.2, 0.25) is 5.02 Å². The molecular weight excluding hydrogens is 347 g/mol. The van der Waals surface area contributed by atoms with E-state index in [9.17, 15) is 4.39 Å². The van der Waals surface area contributed by atoms with Gasteiger partial charge in [-0.1, -0.05) is 35.9 Å². The van der Waals surface area contributed by atoms with Crippen molar-refractivity contribution in [3.63, 3.8) is 0 Å². The maximum absolute atomic E-state index is 13.2. The Morgan fingerprint density at radius 1 is 1.08 bits per heavy atom. The van der Waals surface area contributed by atoms with Crippen molar-refractivity contribution in [2.24, 2.45) is 5.92 Å². The molecule has 2 nitrogen and oxygen atoms in total. The molecule has 4 heteroatoms. The van der Waals surface area contributed by atoms with Crippen LogP contribution in [0.4, 0.5) is 4.39 Å². The van der Waals surface area contributed by atoms with E-state index in [2.05, 4.69) is 21.9 Å². The quantitative estimate of drug-likeness (QED) is 0.758. The fourth-order valence-corrected chi connectivity index (χ4v) is 5.85. The van der Waals surface area contributed by atoms with Crippen molar-refractivity contribution in [1.82, 2.24) is 9.80 Å². The van der Waals surface area contributed by atoms with Crippen LogP contribution in [0.25, 0.3) is 0 Å². The summed E-state index contributed by atoms with van der Waals surface area (Å²) in [5, 5.41) is 0.813. The van der Waals surface area contributed by atoms with Crippen LogP contribution in [0.15, 0.2) is 48.5 Å². The molecule has 3 unspecified atom stereocenters. The lowest BCUT2D eigenvalue weighted by molar-refractivity contribution is 0.131. The third-order valence-electron chi connectivity index (χ3n) is 6.77. The van der Waals surface area contributed by atoms with E-state index >= 15 is 0 Å². The number of nitrogens with zero attached hydrogens (tertiary/aromatic N) is 2. The lowest BCUT2D eigenvalue weighted by Gasteiger charge is -2.35. The Kier molecular flexibility index (Phi) is 4.07. The van der Waals surface area contributed by atoms with Crippen LogP contribution in [-0.4, -0.2) is 35.0 Å². The normalized spacial score (nSPS) is 31.3. The molecule has 3 aliphatic heterocycles. The molecule has 2 aromatic rings. The minimum absolute atomic E-state index is 0.154. The zero-order chi connectivity index (χ0) is 17.7. The first kappa shape index (κ1) is 16.7. The zero-order valence-corrected chi connectivity index (χ0v) is 15.6. The van der Waals surface area contributed by atoms with E-state index in [1.807, 2.05) is 24.3 Å². The molecule has 0 radical (unpaired) electrons. The van der Waals surface area contributed by atoms with E-state index in [-0.39, 0.29) is 5.82 Å². The number of benzene rings is 2. The van der Waals surface area contributed by atoms with Crippen LogP contribution < -0.4 is 0 Å². The van der Waals surface area contributed by atoms with Crippen LogP contribution in [-0.2, 0) is 6.54 Å². The van der Waals surface area contributed by atoms with Gasteiger partial charge < -0.3 is 0 Å². The summed E-state index contributed by atoms with van der Waals surface area (Å²) in [6, 6.07) is 16.0. The number of hydrogen-bond donors (Lipinski definition) is 0. The monoisotopic (exact) mass is 370 g/mol. The average molecular weight is 371 g/mol. The van der Waals surface area contributed by atoms with Gasteiger partial charge in [-0.05, 0) is 67.1 Å². The topological polar surface area (TPSA) is 6.48 Å². The van der Waals surface area contributed by atoms with Crippen molar-refractivity contribution < 1.29 is 4.39 Å². The first-order valence-corrected chi connectivity index (χ1v) is 10.0. The van der Waals surface area contributed by atoms with E-state index in [0.29, 0.717) is 11.6 Å². The molecule has 2 aromatic carbocycles. The first-order chi connectivity index (χ1) is 12.6. The molecule has 136 valence electrons. The van der Waals surface area contributed by atoms with Crippen molar-refractivity contribution in [3.05, 3.63) is 70.5 Å². The predicted octanol–water partition coefficient (Wildman–Crippen LogP) is 4.89. The van der Waals surface area contributed by atoms with Crippen LogP contribution >= 0.6 is 11.6 Å². The van der Waals surface area contributed by atoms with Gasteiger partial charge >= 0.3 is 0 Å². The molecule has 0 aromatic heterocycles. The smallest absolute Gasteiger partial charge is 0.123 e. The van der Waals surface area contributed by atoms with Gasteiger partial charge in [0.15, 0.2) is 0 Å². The molecule has 26 heavy (non-hydrogen) atoms. The summed E-state index contributed by atoms with van der Waals surface area (Å²) >= 11 is 6.09. The van der Waals surface area contributed by atoms with Gasteiger partial charge in [-0.3, -0.25) is 9.80 Å². The number of likely N-dealkylation sites (tertiary alicyclic amines) is 1. The summed E-state index contributed by atoms with van der Waals surface area (Å²) in [4.78, 5) is 5.36. The second-order valence-electron chi connectivity index (χ2n) is 8.20. The molecule has 3 atom stereocenters. The van der Waals surface area contributed by atoms with Gasteiger partial charge in [0.25, 0.3) is 0 Å². The SMILES string of the molecule is Fc1ccc(CN2CC3CC(c4ccc(Cl)cc4)N4CCCC34C2)cc1. The largest absolute Gasteiger partial charge is 0.297 e. The van der Waals surface area contributed by atoms with Crippen molar-refractivity contribution in [1.29, 1.82) is 0 Å². The van der Waals surface area contributed by atoms with E-state index < -0.39 is 0 Å². The van der Waals surface area contributed by atoms with E-state index in [4.69, 9.17) is 11.6 Å². The molecule has 0 saturated carbocycles. The molecular formula is C22H24ClFN2. The van der Waals surface area contributed by atoms with Crippen LogP contribution in [0.5, 0.6) is 0 Å². The van der Waals surface area contributed by atoms with E-state index in [0.717, 1.165) is 30.6 Å². The standard InChI is InChI=1S/C22H24ClFN2/c23-19-6-4-17(5-7-19)21-12-18-14-25(13-16-2-8-20(24)9-3-16)15-22(18)10-1-11-26(21)22/h2-9,18,21H,1,10-15H2. The maximum atomic E-state index is 13.2. The molecule has 0 N–H and O–H groups in total. The molecule has 3 aliphatic rings. The molecule has 3 fully saturated rings. The molecule has 0 aliphatic carbocycles. The fourth-order valence-electron chi connectivity index (χ4n) is 5.72. The van der Waals surface area contributed by atoms with Gasteiger partial charge in [0.1, 0.15) is 5.82 Å². The second kappa shape index (κ2) is 6.33. The van der Waals surface area contributed by atoms with Gasteiger partial charge in [-0.2, -0.15) is 0 Å². The van der Waals surface area contributed by atoms with Gasteiger partial charge in [-0.25, -0.2) is 4.39 Å². The van der Waals surface area contributed by atoms with Crippen molar-refractivity contribution in [2.75, 3.05) is 19.6 Å². The highest BCUT2D eigenvalue weighted by Crippen LogP contribution is 2.55. The number of rotatable bonds is 3. The third-order valence-corrected chi connectivity index (χ3v) is 7.03. The van der Waals surface area contributed by atoms with Gasteiger partial charge in [0.05, 0.1) is 0 Å². The van der Waals surface area contributed by atoms with Gasteiger partial charge in [-0.15, -0.1) is 0 Å². The highest BCUT2D eigenvalue weighted by molar-refractivity contribution is 6.30. The summed E-state index contributed by atoms with van der Waals surface area (Å²) in [5.74, 6) is 0.574. The Morgan fingerprint density at radius 3 is 2.62 bits per heavy atom. The first-order valence-electron chi connectivity index (χ1n) is 9.63. The second-order valence-corrected chi connectivity index (χ2v) is 8.63. The molecule has 3 saturated heterocycles. The van der Waals surface area contributed by atoms with Crippen molar-refractivity contribution in [2.45, 2.75) is 37.4 Å². The summed E-state index contributed by atoms with van der Waals surface area (Å²) < 4.78 is 13.2. The molecule has 3 heterocycles.